The molecular formula is C21H22N6O. The summed E-state index contributed by atoms with van der Waals surface area (Å²) in [7, 11) is 0. The van der Waals surface area contributed by atoms with Crippen LogP contribution in [0.3, 0.4) is 0 Å². The number of nitrogens with one attached hydrogen (secondary N) is 2. The standard InChI is InChI=1S/C21H22N6O/c1-3-11-27-14(2)23-18-9-8-15(13-19(18)27)24-20-16-6-4-5-7-17(16)25-21(26-20)22-10-12-28/h3-9,13,28H,1,10-12H2,2H3,(H2,22,24,25,26). The van der Waals surface area contributed by atoms with Gasteiger partial charge < -0.3 is 20.3 Å². The van der Waals surface area contributed by atoms with Gasteiger partial charge in [-0.2, -0.15) is 4.98 Å². The molecule has 0 aliphatic heterocycles. The van der Waals surface area contributed by atoms with Gasteiger partial charge in [0.2, 0.25) is 5.95 Å². The molecule has 0 saturated heterocycles. The molecule has 2 aromatic carbocycles. The second-order valence-electron chi connectivity index (χ2n) is 6.45. The van der Waals surface area contributed by atoms with Gasteiger partial charge in [-0.3, -0.25) is 0 Å². The van der Waals surface area contributed by atoms with E-state index in [0.29, 0.717) is 24.9 Å². The summed E-state index contributed by atoms with van der Waals surface area (Å²) in [6.07, 6.45) is 1.87. The average Bonchev–Trinajstić information content (AvgIpc) is 3.01. The molecule has 0 aliphatic carbocycles. The van der Waals surface area contributed by atoms with Gasteiger partial charge in [0, 0.05) is 24.2 Å². The molecule has 0 unspecified atom stereocenters. The lowest BCUT2D eigenvalue weighted by atomic mass is 10.2. The number of aliphatic hydroxyl groups is 1. The fourth-order valence-corrected chi connectivity index (χ4v) is 3.24. The van der Waals surface area contributed by atoms with Crippen LogP contribution < -0.4 is 10.6 Å². The molecule has 0 bridgehead atoms. The van der Waals surface area contributed by atoms with Crippen LogP contribution in [0.25, 0.3) is 21.9 Å². The molecule has 7 heteroatoms. The van der Waals surface area contributed by atoms with E-state index in [0.717, 1.165) is 33.4 Å². The van der Waals surface area contributed by atoms with Gasteiger partial charge in [0.25, 0.3) is 0 Å². The van der Waals surface area contributed by atoms with Gasteiger partial charge in [0.1, 0.15) is 11.6 Å². The maximum absolute atomic E-state index is 9.07. The number of aryl methyl sites for hydroxylation is 1. The van der Waals surface area contributed by atoms with Gasteiger partial charge in [-0.25, -0.2) is 9.97 Å². The summed E-state index contributed by atoms with van der Waals surface area (Å²) in [6, 6.07) is 13.9. The van der Waals surface area contributed by atoms with E-state index in [4.69, 9.17) is 5.11 Å². The van der Waals surface area contributed by atoms with Gasteiger partial charge in [-0.1, -0.05) is 18.2 Å². The molecule has 2 heterocycles. The molecule has 2 aromatic heterocycles. The second-order valence-corrected chi connectivity index (χ2v) is 6.45. The van der Waals surface area contributed by atoms with Crippen LogP contribution in [0.1, 0.15) is 5.82 Å². The molecule has 0 saturated carbocycles. The Labute approximate surface area is 162 Å². The van der Waals surface area contributed by atoms with E-state index in [2.05, 4.69) is 42.8 Å². The van der Waals surface area contributed by atoms with Crippen molar-refractivity contribution in [2.24, 2.45) is 0 Å². The quantitative estimate of drug-likeness (QED) is 0.428. The Morgan fingerprint density at radius 2 is 1.96 bits per heavy atom. The van der Waals surface area contributed by atoms with E-state index < -0.39 is 0 Å². The number of allylic oxidation sites excluding steroid dienone is 1. The zero-order valence-electron chi connectivity index (χ0n) is 15.7. The summed E-state index contributed by atoms with van der Waals surface area (Å²) in [5.74, 6) is 2.13. The first-order valence-electron chi connectivity index (χ1n) is 9.16. The largest absolute Gasteiger partial charge is 0.395 e. The third kappa shape index (κ3) is 3.39. The van der Waals surface area contributed by atoms with E-state index in [1.807, 2.05) is 49.4 Å². The van der Waals surface area contributed by atoms with E-state index in [1.54, 1.807) is 0 Å². The van der Waals surface area contributed by atoms with Crippen molar-refractivity contribution in [3.8, 4) is 0 Å². The highest BCUT2D eigenvalue weighted by Crippen LogP contribution is 2.27. The summed E-state index contributed by atoms with van der Waals surface area (Å²) in [5.41, 5.74) is 3.73. The van der Waals surface area contributed by atoms with Gasteiger partial charge in [0.15, 0.2) is 0 Å². The molecule has 0 radical (unpaired) electrons. The summed E-state index contributed by atoms with van der Waals surface area (Å²) < 4.78 is 2.12. The number of aromatic nitrogens is 4. The van der Waals surface area contributed by atoms with Crippen LogP contribution in [0.15, 0.2) is 55.1 Å². The van der Waals surface area contributed by atoms with Crippen molar-refractivity contribution in [2.75, 3.05) is 23.8 Å². The number of anilines is 3. The monoisotopic (exact) mass is 374 g/mol. The molecule has 0 aliphatic rings. The minimum absolute atomic E-state index is 0.0161. The Hall–Kier alpha value is -3.45. The lowest BCUT2D eigenvalue weighted by Gasteiger charge is -2.12. The molecular weight excluding hydrogens is 352 g/mol. The lowest BCUT2D eigenvalue weighted by molar-refractivity contribution is 0.311. The lowest BCUT2D eigenvalue weighted by Crippen LogP contribution is -2.10. The van der Waals surface area contributed by atoms with Crippen LogP contribution in [0.2, 0.25) is 0 Å². The SMILES string of the molecule is C=CCn1c(C)nc2ccc(Nc3nc(NCCO)nc4ccccc34)cc21. The normalized spacial score (nSPS) is 11.1. The van der Waals surface area contributed by atoms with Crippen LogP contribution in [0.5, 0.6) is 0 Å². The van der Waals surface area contributed by atoms with Gasteiger partial charge in [0.05, 0.1) is 23.2 Å². The Kier molecular flexibility index (Phi) is 4.90. The number of hydrogen-bond donors (Lipinski definition) is 3. The Morgan fingerprint density at radius 1 is 1.11 bits per heavy atom. The fourth-order valence-electron chi connectivity index (χ4n) is 3.24. The van der Waals surface area contributed by atoms with Crippen molar-refractivity contribution in [1.82, 2.24) is 19.5 Å². The molecule has 142 valence electrons. The van der Waals surface area contributed by atoms with Crippen LogP contribution in [0, 0.1) is 6.92 Å². The van der Waals surface area contributed by atoms with Crippen LogP contribution in [-0.2, 0) is 6.54 Å². The summed E-state index contributed by atoms with van der Waals surface area (Å²) in [4.78, 5) is 13.7. The Balaban J connectivity index is 1.76. The second kappa shape index (κ2) is 7.66. The molecule has 7 nitrogen and oxygen atoms in total. The number of fused-ring (bicyclic) bond motifs is 2. The van der Waals surface area contributed by atoms with Crippen LogP contribution >= 0.6 is 0 Å². The van der Waals surface area contributed by atoms with E-state index >= 15 is 0 Å². The fraction of sp³-hybridized carbons (Fsp3) is 0.190. The first-order chi connectivity index (χ1) is 13.7. The van der Waals surface area contributed by atoms with E-state index in [1.165, 1.54) is 0 Å². The minimum atomic E-state index is 0.0161. The highest BCUT2D eigenvalue weighted by atomic mass is 16.3. The Morgan fingerprint density at radius 3 is 2.79 bits per heavy atom. The van der Waals surface area contributed by atoms with Gasteiger partial charge in [-0.15, -0.1) is 6.58 Å². The molecule has 0 atom stereocenters. The first-order valence-corrected chi connectivity index (χ1v) is 9.16. The van der Waals surface area contributed by atoms with Crippen molar-refractivity contribution in [1.29, 1.82) is 0 Å². The number of rotatable bonds is 7. The minimum Gasteiger partial charge on any atom is -0.395 e. The molecule has 4 aromatic rings. The van der Waals surface area contributed by atoms with Crippen molar-refractivity contribution in [3.63, 3.8) is 0 Å². The topological polar surface area (TPSA) is 87.9 Å². The molecule has 28 heavy (non-hydrogen) atoms. The smallest absolute Gasteiger partial charge is 0.225 e. The van der Waals surface area contributed by atoms with Gasteiger partial charge >= 0.3 is 0 Å². The predicted octanol–water partition coefficient (Wildman–Crippen LogP) is 3.62. The summed E-state index contributed by atoms with van der Waals surface area (Å²) in [6.45, 7) is 6.94. The number of nitrogens with zero attached hydrogens (tertiary/aromatic N) is 4. The van der Waals surface area contributed by atoms with E-state index in [9.17, 15) is 0 Å². The van der Waals surface area contributed by atoms with Crippen molar-refractivity contribution in [3.05, 3.63) is 60.9 Å². The maximum atomic E-state index is 9.07. The van der Waals surface area contributed by atoms with Crippen LogP contribution in [0.4, 0.5) is 17.5 Å². The molecule has 0 fully saturated rings. The Bertz CT molecular complexity index is 1150. The van der Waals surface area contributed by atoms with Crippen molar-refractivity contribution < 1.29 is 5.11 Å². The number of para-hydroxylation sites is 1. The number of imidazole rings is 1. The summed E-state index contributed by atoms with van der Waals surface area (Å²) >= 11 is 0. The zero-order chi connectivity index (χ0) is 19.5. The molecule has 0 spiro atoms. The highest BCUT2D eigenvalue weighted by Gasteiger charge is 2.10. The number of benzene rings is 2. The summed E-state index contributed by atoms with van der Waals surface area (Å²) in [5, 5.41) is 16.4. The maximum Gasteiger partial charge on any atom is 0.225 e. The molecule has 4 rings (SSSR count). The predicted molar refractivity (Wildman–Crippen MR) is 113 cm³/mol. The number of hydrogen-bond acceptors (Lipinski definition) is 6. The van der Waals surface area contributed by atoms with E-state index in [-0.39, 0.29) is 6.61 Å². The van der Waals surface area contributed by atoms with Gasteiger partial charge in [-0.05, 0) is 37.3 Å². The zero-order valence-corrected chi connectivity index (χ0v) is 15.7. The third-order valence-corrected chi connectivity index (χ3v) is 4.51. The third-order valence-electron chi connectivity index (χ3n) is 4.51. The highest BCUT2D eigenvalue weighted by molar-refractivity contribution is 5.92. The van der Waals surface area contributed by atoms with Crippen molar-refractivity contribution in [2.45, 2.75) is 13.5 Å². The van der Waals surface area contributed by atoms with Crippen LogP contribution in [-0.4, -0.2) is 37.8 Å². The van der Waals surface area contributed by atoms with Crippen molar-refractivity contribution >= 4 is 39.4 Å². The molecule has 0 amide bonds. The molecule has 3 N–H and O–H groups in total. The number of aliphatic hydroxyl groups excluding tert-OH is 1. The average molecular weight is 374 g/mol. The first kappa shape index (κ1) is 17.9.